The van der Waals surface area contributed by atoms with Crippen LogP contribution < -0.4 is 4.70 Å². The van der Waals surface area contributed by atoms with Crippen LogP contribution in [0.2, 0.25) is 0 Å². The third kappa shape index (κ3) is 8.35. The standard InChI is InChI=1S/C18H10N4.C10H13.2CHO.BF3.FH.Mo/c1-2-8-14-13(7-1)21-17-11-5-3-9-19-15(11)16-12(18(17)22-14)6-4-10-20-16;1-8-6-7-9-4-2-3-5-10(8)9;2*1-2;2-1(3)4;;/h1-10H;2-5,9-10H,6-7H2,1H3;2*1H;;1H;/q;3*-1;;;+3/p-1. The number of benzene rings is 2. The van der Waals surface area contributed by atoms with Crippen molar-refractivity contribution in [3.63, 3.8) is 0 Å². The topological polar surface area (TPSA) is 85.7 Å². The monoisotopic (exact) mass is 658 g/mol. The summed E-state index contributed by atoms with van der Waals surface area (Å²) in [7, 11) is -3.67. The molecule has 0 amide bonds. The molecule has 2 aliphatic carbocycles. The van der Waals surface area contributed by atoms with Gasteiger partial charge < -0.3 is 20.2 Å². The van der Waals surface area contributed by atoms with Crippen LogP contribution in [0, 0.1) is 17.8 Å². The van der Waals surface area contributed by atoms with Crippen molar-refractivity contribution in [1.29, 1.82) is 0 Å². The number of hydrogen-bond donors (Lipinski definition) is 0. The maximum Gasteiger partial charge on any atom is 3.00 e. The number of allylic oxidation sites excluding steroid dienone is 4. The van der Waals surface area contributed by atoms with Gasteiger partial charge in [0.2, 0.25) is 0 Å². The van der Waals surface area contributed by atoms with E-state index in [0.29, 0.717) is 0 Å². The Labute approximate surface area is 255 Å². The molecule has 2 aliphatic rings. The molecule has 215 valence electrons. The molecule has 42 heavy (non-hydrogen) atoms. The first-order valence-corrected chi connectivity index (χ1v) is 12.3. The van der Waals surface area contributed by atoms with Crippen LogP contribution in [0.1, 0.15) is 19.8 Å². The van der Waals surface area contributed by atoms with Gasteiger partial charge in [0, 0.05) is 23.2 Å². The normalized spacial score (nSPS) is 16.1. The second-order valence-electron chi connectivity index (χ2n) is 8.80. The molecule has 0 spiro atoms. The number of carbonyl (C=O) groups excluding carboxylic acids is 2. The minimum Gasteiger partial charge on any atom is -1.00 e. The number of aromatic nitrogens is 4. The molecule has 1 saturated carbocycles. The summed E-state index contributed by atoms with van der Waals surface area (Å²) in [4.78, 5) is 34.2. The summed E-state index contributed by atoms with van der Waals surface area (Å²) in [5.41, 5.74) is 5.28. The fraction of sp³-hybridized carbons (Fsp3) is 0.167. The van der Waals surface area contributed by atoms with E-state index < -0.39 is 7.54 Å². The summed E-state index contributed by atoms with van der Waals surface area (Å²) in [5.74, 6) is 3.29. The molecule has 2 aromatic carbocycles. The van der Waals surface area contributed by atoms with Crippen LogP contribution in [0.4, 0.5) is 12.9 Å². The molecule has 5 aromatic rings. The van der Waals surface area contributed by atoms with E-state index in [9.17, 15) is 12.9 Å². The average Bonchev–Trinajstić information content (AvgIpc) is 3.39. The first-order valence-electron chi connectivity index (χ1n) is 12.3. The molecule has 0 saturated heterocycles. The van der Waals surface area contributed by atoms with Crippen molar-refractivity contribution in [2.24, 2.45) is 11.8 Å². The largest absolute Gasteiger partial charge is 3.00 e. The molecular formula is C30H25BF4MoN4O2-. The SMILES string of the molecule is C[C-]1CCC2C=CC=CC12.FB(F)F.[CH-]=O.[CH-]=O.[F-].[Mo+3].c1ccc2nc3c4cccnc4c4ncccc4c3nc2c1. The van der Waals surface area contributed by atoms with Gasteiger partial charge in [0.15, 0.2) is 0 Å². The number of para-hydroxylation sites is 2. The second kappa shape index (κ2) is 17.9. The summed E-state index contributed by atoms with van der Waals surface area (Å²) in [5, 5.41) is 1.98. The molecule has 0 aliphatic heterocycles. The summed E-state index contributed by atoms with van der Waals surface area (Å²) in [6, 6.07) is 15.8. The van der Waals surface area contributed by atoms with Gasteiger partial charge in [0.1, 0.15) is 0 Å². The summed E-state index contributed by atoms with van der Waals surface area (Å²) < 4.78 is 29.0. The zero-order valence-electron chi connectivity index (χ0n) is 22.4. The molecular weight excluding hydrogens is 631 g/mol. The number of nitrogens with zero attached hydrogens (tertiary/aromatic N) is 4. The second-order valence-corrected chi connectivity index (χ2v) is 8.80. The summed E-state index contributed by atoms with van der Waals surface area (Å²) >= 11 is 0. The number of pyridine rings is 2. The van der Waals surface area contributed by atoms with E-state index in [1.165, 1.54) is 12.8 Å². The fourth-order valence-electron chi connectivity index (χ4n) is 4.97. The van der Waals surface area contributed by atoms with Gasteiger partial charge in [-0.1, -0.05) is 36.8 Å². The average molecular weight is 656 g/mol. The predicted molar refractivity (Wildman–Crippen MR) is 154 cm³/mol. The Morgan fingerprint density at radius 3 is 1.67 bits per heavy atom. The van der Waals surface area contributed by atoms with Gasteiger partial charge in [-0.05, 0) is 42.3 Å². The Balaban J connectivity index is 0.000000372. The van der Waals surface area contributed by atoms with Gasteiger partial charge in [-0.25, -0.2) is 9.97 Å². The van der Waals surface area contributed by atoms with Crippen LogP contribution in [-0.2, 0) is 30.7 Å². The van der Waals surface area contributed by atoms with Crippen LogP contribution in [0.3, 0.4) is 0 Å². The van der Waals surface area contributed by atoms with Crippen LogP contribution in [0.5, 0.6) is 0 Å². The third-order valence-electron chi connectivity index (χ3n) is 6.61. The van der Waals surface area contributed by atoms with Gasteiger partial charge in [-0.15, -0.1) is 12.0 Å². The first kappa shape index (κ1) is 36.2. The molecule has 1 radical (unpaired) electrons. The molecule has 0 N–H and O–H groups in total. The summed E-state index contributed by atoms with van der Waals surface area (Å²) in [6.07, 6.45) is 15.3. The predicted octanol–water partition coefficient (Wildman–Crippen LogP) is 3.95. The van der Waals surface area contributed by atoms with Crippen molar-refractivity contribution >= 4 is 65.0 Å². The van der Waals surface area contributed by atoms with E-state index in [0.717, 1.165) is 55.7 Å². The molecule has 7 rings (SSSR count). The van der Waals surface area contributed by atoms with Crippen molar-refractivity contribution in [2.75, 3.05) is 0 Å². The zero-order valence-corrected chi connectivity index (χ0v) is 24.4. The minimum atomic E-state index is -3.67. The van der Waals surface area contributed by atoms with Gasteiger partial charge in [0.25, 0.3) is 0 Å². The fourth-order valence-corrected chi connectivity index (χ4v) is 4.97. The van der Waals surface area contributed by atoms with Gasteiger partial charge in [-0.2, -0.15) is 13.3 Å². The van der Waals surface area contributed by atoms with Crippen LogP contribution >= 0.6 is 0 Å². The molecule has 2 unspecified atom stereocenters. The van der Waals surface area contributed by atoms with E-state index >= 15 is 0 Å². The van der Waals surface area contributed by atoms with Crippen molar-refractivity contribution in [3.05, 3.63) is 91.1 Å². The van der Waals surface area contributed by atoms with Crippen molar-refractivity contribution in [1.82, 2.24) is 19.9 Å². The van der Waals surface area contributed by atoms with Crippen LogP contribution in [0.25, 0.3) is 43.9 Å². The molecule has 12 heteroatoms. The van der Waals surface area contributed by atoms with Gasteiger partial charge in [-0.3, -0.25) is 36.5 Å². The Bertz CT molecular complexity index is 1550. The van der Waals surface area contributed by atoms with Crippen LogP contribution in [-0.4, -0.2) is 41.1 Å². The van der Waals surface area contributed by atoms with E-state index in [4.69, 9.17) is 19.6 Å². The van der Waals surface area contributed by atoms with Gasteiger partial charge in [0.05, 0.1) is 33.1 Å². The number of halogens is 4. The quantitative estimate of drug-likeness (QED) is 0.0628. The Kier molecular flexibility index (Phi) is 15.4. The van der Waals surface area contributed by atoms with E-state index in [-0.39, 0.29) is 25.8 Å². The number of fused-ring (bicyclic) bond motifs is 8. The van der Waals surface area contributed by atoms with Crippen LogP contribution in [0.15, 0.2) is 85.2 Å². The van der Waals surface area contributed by atoms with Crippen molar-refractivity contribution < 1.29 is 48.3 Å². The molecule has 3 aromatic heterocycles. The Morgan fingerprint density at radius 1 is 0.762 bits per heavy atom. The molecule has 1 fully saturated rings. The molecule has 3 heterocycles. The maximum absolute atomic E-state index is 9.67. The van der Waals surface area contributed by atoms with E-state index in [1.807, 2.05) is 48.5 Å². The van der Waals surface area contributed by atoms with E-state index in [2.05, 4.69) is 54.8 Å². The van der Waals surface area contributed by atoms with Gasteiger partial charge >= 0.3 is 28.6 Å². The molecule has 0 bridgehead atoms. The minimum absolute atomic E-state index is 0. The Hall–Kier alpha value is -3.85. The van der Waals surface area contributed by atoms with E-state index in [1.54, 1.807) is 18.3 Å². The maximum atomic E-state index is 9.67. The van der Waals surface area contributed by atoms with Crippen molar-refractivity contribution in [3.8, 4) is 0 Å². The number of hydrogen-bond acceptors (Lipinski definition) is 6. The Morgan fingerprint density at radius 2 is 1.21 bits per heavy atom. The number of rotatable bonds is 0. The summed E-state index contributed by atoms with van der Waals surface area (Å²) in [6.45, 7) is 8.79. The van der Waals surface area contributed by atoms with Crippen molar-refractivity contribution in [2.45, 2.75) is 19.8 Å². The first-order chi connectivity index (χ1) is 19.5. The molecule has 2 atom stereocenters. The third-order valence-corrected chi connectivity index (χ3v) is 6.61. The molecule has 6 nitrogen and oxygen atoms in total. The smallest absolute Gasteiger partial charge is 1.00 e. The zero-order chi connectivity index (χ0) is 29.1.